The molecule has 0 spiro atoms. The van der Waals surface area contributed by atoms with Crippen LogP contribution in [0.15, 0.2) is 13.2 Å². The van der Waals surface area contributed by atoms with Crippen molar-refractivity contribution < 1.29 is 9.84 Å². The lowest BCUT2D eigenvalue weighted by Gasteiger charge is -2.35. The van der Waals surface area contributed by atoms with Crippen molar-refractivity contribution in [2.45, 2.75) is 50.4 Å². The minimum absolute atomic E-state index is 0.0564. The Bertz CT molecular complexity index is 204. The monoisotopic (exact) mass is 196 g/mol. The molecule has 3 fully saturated rings. The van der Waals surface area contributed by atoms with Crippen LogP contribution < -0.4 is 0 Å². The van der Waals surface area contributed by atoms with Gasteiger partial charge in [-0.3, -0.25) is 0 Å². The van der Waals surface area contributed by atoms with Crippen LogP contribution >= 0.6 is 0 Å². The summed E-state index contributed by atoms with van der Waals surface area (Å²) in [5.74, 6) is 1.20. The van der Waals surface area contributed by atoms with E-state index in [1.165, 1.54) is 25.7 Å². The zero-order valence-electron chi connectivity index (χ0n) is 8.69. The van der Waals surface area contributed by atoms with Crippen molar-refractivity contribution in [3.63, 3.8) is 0 Å². The quantitative estimate of drug-likeness (QED) is 0.601. The van der Waals surface area contributed by atoms with Crippen LogP contribution in [0.2, 0.25) is 0 Å². The number of ether oxygens (including phenoxy) is 1. The molecule has 0 aromatic carbocycles. The Balaban J connectivity index is 0.000000354. The molecule has 80 valence electrons. The van der Waals surface area contributed by atoms with Gasteiger partial charge in [-0.15, -0.1) is 13.2 Å². The molecule has 1 aliphatic carbocycles. The summed E-state index contributed by atoms with van der Waals surface area (Å²) in [6.45, 7) is 6.00. The first-order valence-corrected chi connectivity index (χ1v) is 5.70. The molecule has 2 aliphatic heterocycles. The molecule has 14 heavy (non-hydrogen) atoms. The van der Waals surface area contributed by atoms with Crippen molar-refractivity contribution in [1.82, 2.24) is 0 Å². The molecule has 2 heterocycles. The Morgan fingerprint density at radius 1 is 1.00 bits per heavy atom. The SMILES string of the molecule is C=C.OC1CCCC2C3CCC(O3)C12. The molecule has 0 amide bonds. The average Bonchev–Trinajstić information content (AvgIpc) is 2.82. The number of hydrogen-bond acceptors (Lipinski definition) is 2. The van der Waals surface area contributed by atoms with Gasteiger partial charge in [0.15, 0.2) is 0 Å². The third kappa shape index (κ3) is 1.41. The van der Waals surface area contributed by atoms with Crippen molar-refractivity contribution in [2.75, 3.05) is 0 Å². The second-order valence-corrected chi connectivity index (χ2v) is 4.53. The molecule has 3 rings (SSSR count). The first-order valence-electron chi connectivity index (χ1n) is 5.70. The second-order valence-electron chi connectivity index (χ2n) is 4.53. The number of aliphatic hydroxyl groups excluding tert-OH is 1. The van der Waals surface area contributed by atoms with Gasteiger partial charge in [0, 0.05) is 5.92 Å². The molecule has 3 aliphatic rings. The van der Waals surface area contributed by atoms with Crippen LogP contribution in [0.25, 0.3) is 0 Å². The maximum Gasteiger partial charge on any atom is 0.0636 e. The number of fused-ring (bicyclic) bond motifs is 5. The van der Waals surface area contributed by atoms with Crippen LogP contribution in [-0.4, -0.2) is 23.4 Å². The van der Waals surface area contributed by atoms with Gasteiger partial charge in [0.2, 0.25) is 0 Å². The van der Waals surface area contributed by atoms with Gasteiger partial charge in [0.05, 0.1) is 18.3 Å². The largest absolute Gasteiger partial charge is 0.393 e. The van der Waals surface area contributed by atoms with E-state index in [1.807, 2.05) is 0 Å². The highest BCUT2D eigenvalue weighted by atomic mass is 16.5. The van der Waals surface area contributed by atoms with E-state index in [-0.39, 0.29) is 6.10 Å². The molecule has 2 nitrogen and oxygen atoms in total. The molecular formula is C12H20O2. The Kier molecular flexibility index (Phi) is 2.93. The van der Waals surface area contributed by atoms with Crippen molar-refractivity contribution in [2.24, 2.45) is 11.8 Å². The highest BCUT2D eigenvalue weighted by molar-refractivity contribution is 5.00. The molecule has 0 aromatic heterocycles. The maximum atomic E-state index is 9.82. The molecule has 1 N–H and O–H groups in total. The Morgan fingerprint density at radius 2 is 1.71 bits per heavy atom. The average molecular weight is 196 g/mol. The van der Waals surface area contributed by atoms with Crippen LogP contribution in [0, 0.1) is 11.8 Å². The predicted octanol–water partition coefficient (Wildman–Crippen LogP) is 2.13. The second kappa shape index (κ2) is 4.03. The molecule has 2 bridgehead atoms. The standard InChI is InChI=1S/C10H16O2.C2H4/c11-7-3-1-2-6-8-4-5-9(12-8)10(6)7;1-2/h6-11H,1-5H2;1-2H2. The zero-order valence-corrected chi connectivity index (χ0v) is 8.69. The molecular weight excluding hydrogens is 176 g/mol. The van der Waals surface area contributed by atoms with E-state index in [0.29, 0.717) is 24.0 Å². The number of hydrogen-bond donors (Lipinski definition) is 1. The van der Waals surface area contributed by atoms with Gasteiger partial charge < -0.3 is 9.84 Å². The Hall–Kier alpha value is -0.340. The summed E-state index contributed by atoms with van der Waals surface area (Å²) in [5, 5.41) is 9.82. The fourth-order valence-electron chi connectivity index (χ4n) is 3.48. The normalized spacial score (nSPS) is 49.4. The molecule has 1 saturated carbocycles. The van der Waals surface area contributed by atoms with Gasteiger partial charge in [-0.05, 0) is 31.6 Å². The van der Waals surface area contributed by atoms with E-state index in [9.17, 15) is 5.11 Å². The fraction of sp³-hybridized carbons (Fsp3) is 0.833. The Morgan fingerprint density at radius 3 is 2.43 bits per heavy atom. The third-order valence-corrected chi connectivity index (χ3v) is 3.97. The van der Waals surface area contributed by atoms with E-state index >= 15 is 0 Å². The van der Waals surface area contributed by atoms with E-state index in [0.717, 1.165) is 6.42 Å². The smallest absolute Gasteiger partial charge is 0.0636 e. The van der Waals surface area contributed by atoms with Crippen molar-refractivity contribution in [3.8, 4) is 0 Å². The van der Waals surface area contributed by atoms with Crippen LogP contribution in [-0.2, 0) is 4.74 Å². The highest BCUT2D eigenvalue weighted by Crippen LogP contribution is 2.49. The van der Waals surface area contributed by atoms with E-state index in [1.54, 1.807) is 0 Å². The van der Waals surface area contributed by atoms with Crippen LogP contribution in [0.4, 0.5) is 0 Å². The molecule has 2 heteroatoms. The first-order chi connectivity index (χ1) is 6.86. The van der Waals surface area contributed by atoms with Gasteiger partial charge >= 0.3 is 0 Å². The topological polar surface area (TPSA) is 29.5 Å². The summed E-state index contributed by atoms with van der Waals surface area (Å²) in [6.07, 6.45) is 6.82. The van der Waals surface area contributed by atoms with Crippen molar-refractivity contribution in [3.05, 3.63) is 13.2 Å². The minimum Gasteiger partial charge on any atom is -0.393 e. The molecule has 5 atom stereocenters. The van der Waals surface area contributed by atoms with Crippen LogP contribution in [0.5, 0.6) is 0 Å². The van der Waals surface area contributed by atoms with Crippen LogP contribution in [0.3, 0.4) is 0 Å². The lowest BCUT2D eigenvalue weighted by molar-refractivity contribution is 0.0164. The van der Waals surface area contributed by atoms with Gasteiger partial charge in [-0.25, -0.2) is 0 Å². The van der Waals surface area contributed by atoms with Crippen LogP contribution in [0.1, 0.15) is 32.1 Å². The number of rotatable bonds is 0. The fourth-order valence-corrected chi connectivity index (χ4v) is 3.48. The summed E-state index contributed by atoms with van der Waals surface area (Å²) in [6, 6.07) is 0. The van der Waals surface area contributed by atoms with Gasteiger partial charge in [0.25, 0.3) is 0 Å². The van der Waals surface area contributed by atoms with Gasteiger partial charge in [0.1, 0.15) is 0 Å². The molecule has 0 radical (unpaired) electrons. The lowest BCUT2D eigenvalue weighted by Crippen LogP contribution is -2.39. The van der Waals surface area contributed by atoms with Gasteiger partial charge in [-0.1, -0.05) is 6.42 Å². The molecule has 0 aromatic rings. The third-order valence-electron chi connectivity index (χ3n) is 3.97. The summed E-state index contributed by atoms with van der Waals surface area (Å²) >= 11 is 0. The summed E-state index contributed by atoms with van der Waals surface area (Å²) in [7, 11) is 0. The van der Waals surface area contributed by atoms with Gasteiger partial charge in [-0.2, -0.15) is 0 Å². The van der Waals surface area contributed by atoms with E-state index < -0.39 is 0 Å². The van der Waals surface area contributed by atoms with E-state index in [4.69, 9.17) is 4.74 Å². The molecule has 2 saturated heterocycles. The number of aliphatic hydroxyl groups is 1. The predicted molar refractivity (Wildman–Crippen MR) is 56.0 cm³/mol. The minimum atomic E-state index is -0.0564. The molecule has 5 unspecified atom stereocenters. The Labute approximate surface area is 86.0 Å². The summed E-state index contributed by atoms with van der Waals surface area (Å²) in [4.78, 5) is 0. The first kappa shape index (κ1) is 10.2. The van der Waals surface area contributed by atoms with Crippen molar-refractivity contribution >= 4 is 0 Å². The zero-order chi connectivity index (χ0) is 10.1. The summed E-state index contributed by atoms with van der Waals surface area (Å²) in [5.41, 5.74) is 0. The lowest BCUT2D eigenvalue weighted by atomic mass is 9.69. The van der Waals surface area contributed by atoms with E-state index in [2.05, 4.69) is 13.2 Å². The van der Waals surface area contributed by atoms with Crippen molar-refractivity contribution in [1.29, 1.82) is 0 Å². The maximum absolute atomic E-state index is 9.82. The summed E-state index contributed by atoms with van der Waals surface area (Å²) < 4.78 is 5.83. The highest BCUT2D eigenvalue weighted by Gasteiger charge is 2.52.